The minimum atomic E-state index is -0.128. The Labute approximate surface area is 192 Å². The molecule has 0 spiro atoms. The van der Waals surface area contributed by atoms with Crippen molar-refractivity contribution in [3.63, 3.8) is 0 Å². The van der Waals surface area contributed by atoms with Crippen molar-refractivity contribution in [1.82, 2.24) is 4.90 Å². The van der Waals surface area contributed by atoms with Crippen molar-refractivity contribution < 1.29 is 15.0 Å². The molecule has 1 aromatic carbocycles. The van der Waals surface area contributed by atoms with Gasteiger partial charge in [0.1, 0.15) is 22.9 Å². The van der Waals surface area contributed by atoms with Crippen molar-refractivity contribution in [2.24, 2.45) is 20.4 Å². The van der Waals surface area contributed by atoms with Crippen LogP contribution in [0.1, 0.15) is 66.2 Å². The molecule has 1 aromatic rings. The molecule has 32 heavy (non-hydrogen) atoms. The van der Waals surface area contributed by atoms with E-state index in [0.29, 0.717) is 12.0 Å². The maximum Gasteiger partial charge on any atom is 0.161 e. The molecular weight excluding hydrogens is 404 g/mol. The van der Waals surface area contributed by atoms with Crippen LogP contribution < -0.4 is 0 Å². The van der Waals surface area contributed by atoms with E-state index in [0.717, 1.165) is 57.0 Å². The molecule has 1 saturated carbocycles. The summed E-state index contributed by atoms with van der Waals surface area (Å²) in [5.74, 6) is -0.202. The summed E-state index contributed by atoms with van der Waals surface area (Å²) in [6.07, 6.45) is 6.90. The minimum absolute atomic E-state index is 0.0393. The van der Waals surface area contributed by atoms with Crippen LogP contribution in [0.2, 0.25) is 0 Å². The summed E-state index contributed by atoms with van der Waals surface area (Å²) >= 11 is 0. The van der Waals surface area contributed by atoms with E-state index in [-0.39, 0.29) is 28.1 Å². The number of carbonyl (C=O) groups excluding carboxylic acids is 1. The predicted molar refractivity (Wildman–Crippen MR) is 133 cm³/mol. The lowest BCUT2D eigenvalue weighted by Gasteiger charge is -2.29. The van der Waals surface area contributed by atoms with E-state index >= 15 is 0 Å². The van der Waals surface area contributed by atoms with Gasteiger partial charge in [0.15, 0.2) is 6.29 Å². The number of hydrogen-bond donors (Lipinski definition) is 2. The van der Waals surface area contributed by atoms with Crippen LogP contribution >= 0.6 is 0 Å². The summed E-state index contributed by atoms with van der Waals surface area (Å²) in [5, 5.41) is 20.6. The van der Waals surface area contributed by atoms with Crippen LogP contribution in [0.3, 0.4) is 0 Å². The molecule has 1 fully saturated rings. The summed E-state index contributed by atoms with van der Waals surface area (Å²) in [6, 6.07) is 2.72. The highest BCUT2D eigenvalue weighted by Gasteiger charge is 2.31. The Bertz CT molecular complexity index is 903. The second-order valence-electron chi connectivity index (χ2n) is 9.98. The highest BCUT2D eigenvalue weighted by atomic mass is 16.3. The zero-order valence-electron chi connectivity index (χ0n) is 20.4. The maximum atomic E-state index is 10.5. The van der Waals surface area contributed by atoms with Gasteiger partial charge in [0.25, 0.3) is 0 Å². The molecule has 0 saturated heterocycles. The van der Waals surface area contributed by atoms with Crippen molar-refractivity contribution in [2.75, 3.05) is 20.6 Å². The number of rotatable bonds is 8. The van der Waals surface area contributed by atoms with E-state index < -0.39 is 0 Å². The highest BCUT2D eigenvalue weighted by molar-refractivity contribution is 6.13. The number of carbonyl (C=O) groups is 1. The molecule has 1 atom stereocenters. The second-order valence-corrected chi connectivity index (χ2v) is 9.98. The second kappa shape index (κ2) is 10.9. The first-order valence-corrected chi connectivity index (χ1v) is 11.3. The van der Waals surface area contributed by atoms with Crippen molar-refractivity contribution >= 4 is 35.3 Å². The third kappa shape index (κ3) is 7.55. The topological polar surface area (TPSA) is 97.8 Å². The molecule has 0 amide bonds. The molecule has 0 radical (unpaired) electrons. The van der Waals surface area contributed by atoms with Gasteiger partial charge >= 0.3 is 0 Å². The van der Waals surface area contributed by atoms with Gasteiger partial charge in [-0.05, 0) is 78.4 Å². The van der Waals surface area contributed by atoms with Gasteiger partial charge in [-0.25, -0.2) is 4.99 Å². The van der Waals surface area contributed by atoms with E-state index in [4.69, 9.17) is 9.98 Å². The molecule has 7 nitrogen and oxygen atoms in total. The summed E-state index contributed by atoms with van der Waals surface area (Å²) < 4.78 is 0. The van der Waals surface area contributed by atoms with Crippen LogP contribution in [0, 0.1) is 5.41 Å². The maximum absolute atomic E-state index is 10.5. The first-order valence-electron chi connectivity index (χ1n) is 11.3. The lowest BCUT2D eigenvalue weighted by Crippen LogP contribution is -2.27. The van der Waals surface area contributed by atoms with Crippen LogP contribution in [0.15, 0.2) is 27.1 Å². The first kappa shape index (κ1) is 25.7. The van der Waals surface area contributed by atoms with E-state index in [9.17, 15) is 15.0 Å². The van der Waals surface area contributed by atoms with E-state index in [1.54, 1.807) is 0 Å². The molecule has 0 aromatic heterocycles. The number of nitrogens with zero attached hydrogens (tertiary/aromatic N) is 4. The van der Waals surface area contributed by atoms with Crippen LogP contribution in [0.4, 0.5) is 11.4 Å². The highest BCUT2D eigenvalue weighted by Crippen LogP contribution is 2.41. The van der Waals surface area contributed by atoms with Gasteiger partial charge in [-0.1, -0.05) is 13.8 Å². The zero-order chi connectivity index (χ0) is 23.9. The molecule has 1 aliphatic carbocycles. The number of aldehydes is 1. The Morgan fingerprint density at radius 2 is 1.69 bits per heavy atom. The number of phenolic OH excluding ortho intramolecular Hbond substituents is 2. The molecule has 0 aliphatic heterocycles. The van der Waals surface area contributed by atoms with Gasteiger partial charge in [0.2, 0.25) is 0 Å². The Hall–Kier alpha value is -2.54. The Balaban J connectivity index is 2.31. The Morgan fingerprint density at radius 3 is 2.31 bits per heavy atom. The smallest absolute Gasteiger partial charge is 0.161 e. The van der Waals surface area contributed by atoms with Crippen LogP contribution in [0.5, 0.6) is 11.5 Å². The van der Waals surface area contributed by atoms with E-state index in [1.165, 1.54) is 17.8 Å². The van der Waals surface area contributed by atoms with E-state index in [1.807, 2.05) is 0 Å². The minimum Gasteiger partial charge on any atom is -0.506 e. The molecule has 2 rings (SSSR count). The lowest BCUT2D eigenvalue weighted by atomic mass is 9.79. The monoisotopic (exact) mass is 442 g/mol. The quantitative estimate of drug-likeness (QED) is 0.249. The molecule has 7 heteroatoms. The van der Waals surface area contributed by atoms with Gasteiger partial charge in [0, 0.05) is 23.6 Å². The molecule has 0 bridgehead atoms. The lowest BCUT2D eigenvalue weighted by molar-refractivity contribution is -0.102. The van der Waals surface area contributed by atoms with Crippen molar-refractivity contribution in [1.29, 1.82) is 0 Å². The van der Waals surface area contributed by atoms with Crippen molar-refractivity contribution in [3.05, 3.63) is 12.1 Å². The van der Waals surface area contributed by atoms with Crippen LogP contribution in [-0.2, 0) is 4.79 Å². The summed E-state index contributed by atoms with van der Waals surface area (Å²) in [5.41, 5.74) is 2.59. The first-order chi connectivity index (χ1) is 15.0. The fraction of sp³-hybridized carbons (Fsp3) is 0.600. The number of aliphatic imine (C=N–C) groups is 3. The molecule has 176 valence electrons. The fourth-order valence-electron chi connectivity index (χ4n) is 3.96. The third-order valence-corrected chi connectivity index (χ3v) is 6.07. The molecular formula is C25H38N4O3. The van der Waals surface area contributed by atoms with Crippen LogP contribution in [0.25, 0.3) is 0 Å². The molecule has 1 unspecified atom stereocenters. The van der Waals surface area contributed by atoms with Gasteiger partial charge in [-0.15, -0.1) is 0 Å². The fourth-order valence-corrected chi connectivity index (χ4v) is 3.96. The van der Waals surface area contributed by atoms with Crippen molar-refractivity contribution in [3.8, 4) is 11.5 Å². The van der Waals surface area contributed by atoms with Gasteiger partial charge in [-0.2, -0.15) is 0 Å². The summed E-state index contributed by atoms with van der Waals surface area (Å²) in [4.78, 5) is 26.4. The summed E-state index contributed by atoms with van der Waals surface area (Å²) in [6.45, 7) is 9.85. The number of phenols is 2. The number of aromatic hydroxyl groups is 2. The average molecular weight is 443 g/mol. The molecule has 0 heterocycles. The zero-order valence-corrected chi connectivity index (χ0v) is 20.4. The Kier molecular flexibility index (Phi) is 8.73. The van der Waals surface area contributed by atoms with Gasteiger partial charge in [0.05, 0.1) is 11.8 Å². The number of hydrogen-bond acceptors (Lipinski definition) is 7. The van der Waals surface area contributed by atoms with Gasteiger partial charge < -0.3 is 15.1 Å². The molecule has 1 aliphatic rings. The normalized spacial score (nSPS) is 22.7. The van der Waals surface area contributed by atoms with E-state index in [2.05, 4.69) is 51.7 Å². The molecule has 2 N–H and O–H groups in total. The SMILES string of the molecule is CCC1(C)CC(=Nc2cc(O)c(N=CC=O)cc2O)CCC(=NC(C)(C)CCN(C)C)C1. The summed E-state index contributed by atoms with van der Waals surface area (Å²) in [7, 11) is 4.17. The third-order valence-electron chi connectivity index (χ3n) is 6.07. The largest absolute Gasteiger partial charge is 0.506 e. The predicted octanol–water partition coefficient (Wildman–Crippen LogP) is 5.23. The van der Waals surface area contributed by atoms with Crippen molar-refractivity contribution in [2.45, 2.75) is 71.8 Å². The number of benzene rings is 1. The van der Waals surface area contributed by atoms with Crippen LogP contribution in [-0.4, -0.2) is 65.2 Å². The van der Waals surface area contributed by atoms with Gasteiger partial charge in [-0.3, -0.25) is 14.8 Å². The Morgan fingerprint density at radius 1 is 1.09 bits per heavy atom. The standard InChI is InChI=1S/C25H38N4O3/c1-7-25(4)16-18(8-9-19(17-25)28-24(2,3)10-12-29(5)6)27-21-15-22(31)20(14-23(21)32)26-11-13-30/h11,13-15,31-32H,7-10,12,16-17H2,1-6H3. The average Bonchev–Trinajstić information content (AvgIpc) is 2.86.